The number of rotatable bonds is 7. The summed E-state index contributed by atoms with van der Waals surface area (Å²) in [4.78, 5) is 43.0. The third-order valence-corrected chi connectivity index (χ3v) is 9.50. The van der Waals surface area contributed by atoms with Crippen LogP contribution in [0.15, 0.2) is 38.8 Å². The lowest BCUT2D eigenvalue weighted by atomic mass is 10.0. The summed E-state index contributed by atoms with van der Waals surface area (Å²) in [5.74, 6) is -0.902. The fourth-order valence-electron chi connectivity index (χ4n) is 4.89. The molecule has 228 valence electrons. The van der Waals surface area contributed by atoms with Crippen molar-refractivity contribution in [1.29, 1.82) is 0 Å². The van der Waals surface area contributed by atoms with Crippen molar-refractivity contribution in [2.45, 2.75) is 70.2 Å². The van der Waals surface area contributed by atoms with Crippen molar-refractivity contribution in [3.05, 3.63) is 72.1 Å². The first-order chi connectivity index (χ1) is 19.6. The molecule has 0 saturated carbocycles. The van der Waals surface area contributed by atoms with E-state index in [0.717, 1.165) is 10.6 Å². The highest BCUT2D eigenvalue weighted by molar-refractivity contribution is 7.91. The Balaban J connectivity index is 1.58. The minimum Gasteiger partial charge on any atom is -0.444 e. The number of aromatic nitrogens is 2. The number of sulfone groups is 1. The zero-order valence-corrected chi connectivity index (χ0v) is 26.1. The maximum Gasteiger partial charge on any atom is 0.407 e. The van der Waals surface area contributed by atoms with Crippen LogP contribution in [0.2, 0.25) is 10.0 Å². The van der Waals surface area contributed by atoms with Crippen LogP contribution in [-0.2, 0) is 27.7 Å². The molecule has 0 aliphatic carbocycles. The molecule has 0 spiro atoms. The third-order valence-electron chi connectivity index (χ3n) is 7.02. The first-order valence-corrected chi connectivity index (χ1v) is 15.9. The monoisotopic (exact) mass is 642 g/mol. The van der Waals surface area contributed by atoms with Gasteiger partial charge in [0.2, 0.25) is 0 Å². The molecule has 1 aliphatic rings. The number of piperidine rings is 1. The van der Waals surface area contributed by atoms with Crippen molar-refractivity contribution < 1.29 is 22.3 Å². The predicted octanol–water partition coefficient (Wildman–Crippen LogP) is 4.47. The molecule has 0 bridgehead atoms. The molecular weight excluding hydrogens is 610 g/mol. The smallest absolute Gasteiger partial charge is 0.407 e. The molecule has 42 heavy (non-hydrogen) atoms. The first kappa shape index (κ1) is 32.0. The van der Waals surface area contributed by atoms with E-state index in [1.54, 1.807) is 20.8 Å². The number of benzene rings is 2. The Morgan fingerprint density at radius 3 is 2.43 bits per heavy atom. The van der Waals surface area contributed by atoms with E-state index in [0.29, 0.717) is 25.9 Å². The van der Waals surface area contributed by atoms with Crippen LogP contribution in [0, 0.1) is 5.82 Å². The van der Waals surface area contributed by atoms with Gasteiger partial charge in [-0.1, -0.05) is 30.1 Å². The van der Waals surface area contributed by atoms with Gasteiger partial charge in [-0.2, -0.15) is 0 Å². The van der Waals surface area contributed by atoms with Crippen LogP contribution >= 0.6 is 23.2 Å². The number of halogens is 3. The van der Waals surface area contributed by atoms with Gasteiger partial charge in [-0.3, -0.25) is 14.3 Å². The number of nitrogens with one attached hydrogen (secondary N) is 2. The van der Waals surface area contributed by atoms with Gasteiger partial charge in [-0.25, -0.2) is 22.4 Å². The lowest BCUT2D eigenvalue weighted by molar-refractivity contribution is 0.0477. The molecule has 2 heterocycles. The molecule has 10 nitrogen and oxygen atoms in total. The summed E-state index contributed by atoms with van der Waals surface area (Å²) >= 11 is 12.6. The number of hydrogen-bond acceptors (Lipinski definition) is 7. The molecule has 14 heteroatoms. The molecule has 1 saturated heterocycles. The summed E-state index contributed by atoms with van der Waals surface area (Å²) in [6.45, 7) is 7.68. The Morgan fingerprint density at radius 1 is 1.14 bits per heavy atom. The van der Waals surface area contributed by atoms with Crippen LogP contribution in [0.5, 0.6) is 0 Å². The summed E-state index contributed by atoms with van der Waals surface area (Å²) in [6, 6.07) is 5.07. The maximum atomic E-state index is 15.4. The number of alkyl carbamates (subject to hydrolysis) is 1. The average molecular weight is 644 g/mol. The molecular formula is C28H33Cl2FN4O6S. The minimum absolute atomic E-state index is 0.00621. The highest BCUT2D eigenvalue weighted by Crippen LogP contribution is 2.29. The SMILES string of the molecule is CCS(=O)(=O)c1ccc(Cl)cc1Cn1c(=O)[nH]c2c(Cl)c(CN3CCC(NC(=O)OC(C)(C)C)CC3)c(F)cc2c1=O. The Morgan fingerprint density at radius 2 is 1.81 bits per heavy atom. The predicted molar refractivity (Wildman–Crippen MR) is 160 cm³/mol. The molecule has 2 N–H and O–H groups in total. The quantitative estimate of drug-likeness (QED) is 0.389. The number of likely N-dealkylation sites (tertiary alicyclic amines) is 1. The van der Waals surface area contributed by atoms with Crippen molar-refractivity contribution in [1.82, 2.24) is 19.8 Å². The van der Waals surface area contributed by atoms with Gasteiger partial charge in [-0.05, 0) is 63.4 Å². The summed E-state index contributed by atoms with van der Waals surface area (Å²) in [5, 5.41) is 2.85. The van der Waals surface area contributed by atoms with E-state index in [1.165, 1.54) is 25.1 Å². The first-order valence-electron chi connectivity index (χ1n) is 13.5. The van der Waals surface area contributed by atoms with Crippen molar-refractivity contribution in [2.24, 2.45) is 0 Å². The summed E-state index contributed by atoms with van der Waals surface area (Å²) in [7, 11) is -3.68. The molecule has 4 rings (SSSR count). The summed E-state index contributed by atoms with van der Waals surface area (Å²) < 4.78 is 46.7. The van der Waals surface area contributed by atoms with E-state index in [9.17, 15) is 22.8 Å². The molecule has 2 aromatic carbocycles. The zero-order chi connectivity index (χ0) is 31.0. The van der Waals surface area contributed by atoms with Crippen LogP contribution < -0.4 is 16.6 Å². The standard InChI is InChI=1S/C28H33Cl2FN4O6S/c1-5-42(39,40)22-7-6-17(29)12-16(22)14-35-25(36)19-13-21(31)20(23(30)24(19)33-26(35)37)15-34-10-8-18(9-11-34)32-27(38)41-28(2,3)4/h6-7,12-13,18H,5,8-11,14-15H2,1-4H3,(H,32,38)(H,33,37). The van der Waals surface area contributed by atoms with Crippen LogP contribution in [0.1, 0.15) is 51.7 Å². The van der Waals surface area contributed by atoms with Gasteiger partial charge in [-0.15, -0.1) is 0 Å². The van der Waals surface area contributed by atoms with E-state index in [2.05, 4.69) is 10.3 Å². The van der Waals surface area contributed by atoms with Gasteiger partial charge >= 0.3 is 11.8 Å². The highest BCUT2D eigenvalue weighted by Gasteiger charge is 2.26. The number of ether oxygens (including phenoxy) is 1. The lowest BCUT2D eigenvalue weighted by Crippen LogP contribution is -2.46. The van der Waals surface area contributed by atoms with Crippen molar-refractivity contribution in [3.63, 3.8) is 0 Å². The fourth-order valence-corrected chi connectivity index (χ4v) is 6.49. The van der Waals surface area contributed by atoms with Gasteiger partial charge in [0.05, 0.1) is 33.1 Å². The summed E-state index contributed by atoms with van der Waals surface area (Å²) in [6.07, 6.45) is 0.748. The van der Waals surface area contributed by atoms with E-state index in [1.807, 2.05) is 4.90 Å². The van der Waals surface area contributed by atoms with Crippen LogP contribution in [0.4, 0.5) is 9.18 Å². The number of carbonyl (C=O) groups is 1. The Hall–Kier alpha value is -2.93. The second-order valence-corrected chi connectivity index (χ2v) is 14.3. The average Bonchev–Trinajstić information content (AvgIpc) is 2.89. The maximum absolute atomic E-state index is 15.4. The normalized spacial score (nSPS) is 15.2. The van der Waals surface area contributed by atoms with Gasteiger partial charge < -0.3 is 15.0 Å². The van der Waals surface area contributed by atoms with Gasteiger partial charge in [0.25, 0.3) is 5.56 Å². The van der Waals surface area contributed by atoms with E-state index < -0.39 is 45.1 Å². The van der Waals surface area contributed by atoms with Crippen molar-refractivity contribution in [2.75, 3.05) is 18.8 Å². The van der Waals surface area contributed by atoms with Crippen LogP contribution in [0.25, 0.3) is 10.9 Å². The Labute approximate surface area is 252 Å². The Kier molecular flexibility index (Phi) is 9.41. The number of hydrogen-bond donors (Lipinski definition) is 2. The second kappa shape index (κ2) is 12.4. The number of aromatic amines is 1. The molecule has 1 aromatic heterocycles. The fraction of sp³-hybridized carbons (Fsp3) is 0.464. The van der Waals surface area contributed by atoms with Gasteiger partial charge in [0, 0.05) is 36.3 Å². The van der Waals surface area contributed by atoms with Crippen LogP contribution in [0.3, 0.4) is 0 Å². The lowest BCUT2D eigenvalue weighted by Gasteiger charge is -2.33. The molecule has 0 atom stereocenters. The van der Waals surface area contributed by atoms with Crippen molar-refractivity contribution >= 4 is 50.0 Å². The van der Waals surface area contributed by atoms with Gasteiger partial charge in [0.15, 0.2) is 9.84 Å². The van der Waals surface area contributed by atoms with E-state index >= 15 is 4.39 Å². The number of nitrogens with zero attached hydrogens (tertiary/aromatic N) is 2. The molecule has 0 radical (unpaired) electrons. The number of H-pyrrole nitrogens is 1. The summed E-state index contributed by atoms with van der Waals surface area (Å²) in [5.41, 5.74) is -1.98. The third kappa shape index (κ3) is 7.16. The topological polar surface area (TPSA) is 131 Å². The zero-order valence-electron chi connectivity index (χ0n) is 23.7. The largest absolute Gasteiger partial charge is 0.444 e. The molecule has 1 amide bonds. The van der Waals surface area contributed by atoms with E-state index in [4.69, 9.17) is 27.9 Å². The molecule has 1 fully saturated rings. The number of fused-ring (bicyclic) bond motifs is 1. The molecule has 3 aromatic rings. The minimum atomic E-state index is -3.68. The van der Waals surface area contributed by atoms with Gasteiger partial charge in [0.1, 0.15) is 11.4 Å². The highest BCUT2D eigenvalue weighted by atomic mass is 35.5. The molecule has 0 unspecified atom stereocenters. The van der Waals surface area contributed by atoms with Crippen LogP contribution in [-0.4, -0.2) is 59.4 Å². The van der Waals surface area contributed by atoms with Crippen molar-refractivity contribution in [3.8, 4) is 0 Å². The molecule has 1 aliphatic heterocycles. The number of amides is 1. The second-order valence-electron chi connectivity index (χ2n) is 11.2. The van der Waals surface area contributed by atoms with E-state index in [-0.39, 0.29) is 55.3 Å². The number of carbonyl (C=O) groups excluding carboxylic acids is 1. The Bertz CT molecular complexity index is 1740.